The Hall–Kier alpha value is -0.990. The molecular formula is C11H13NO4S3. The quantitative estimate of drug-likeness (QED) is 0.692. The Kier molecular flexibility index (Phi) is 6.40. The lowest BCUT2D eigenvalue weighted by atomic mass is 10.3. The van der Waals surface area contributed by atoms with Gasteiger partial charge in [0, 0.05) is 5.75 Å². The molecule has 19 heavy (non-hydrogen) atoms. The highest BCUT2D eigenvalue weighted by Gasteiger charge is 2.24. The summed E-state index contributed by atoms with van der Waals surface area (Å²) in [5, 5.41) is 12.1. The van der Waals surface area contributed by atoms with E-state index in [1.165, 1.54) is 11.3 Å². The number of rotatable bonds is 6. The Labute approximate surface area is 124 Å². The van der Waals surface area contributed by atoms with E-state index < -0.39 is 23.2 Å². The highest BCUT2D eigenvalue weighted by molar-refractivity contribution is 8.15. The monoisotopic (exact) mass is 319 g/mol. The van der Waals surface area contributed by atoms with E-state index in [9.17, 15) is 14.4 Å². The van der Waals surface area contributed by atoms with Crippen LogP contribution in [-0.2, 0) is 9.59 Å². The van der Waals surface area contributed by atoms with E-state index in [4.69, 9.17) is 5.11 Å². The molecule has 1 rings (SSSR count). The number of carbonyl (C=O) groups excluding carboxylic acids is 2. The minimum absolute atomic E-state index is 0.00265. The van der Waals surface area contributed by atoms with Gasteiger partial charge in [-0.05, 0) is 18.4 Å². The van der Waals surface area contributed by atoms with Crippen molar-refractivity contribution in [1.82, 2.24) is 5.32 Å². The molecule has 0 radical (unpaired) electrons. The minimum atomic E-state index is -1.15. The van der Waals surface area contributed by atoms with Gasteiger partial charge in [0.15, 0.2) is 0 Å². The summed E-state index contributed by atoms with van der Waals surface area (Å²) >= 11 is 6.02. The van der Waals surface area contributed by atoms with Crippen molar-refractivity contribution in [3.8, 4) is 0 Å². The van der Waals surface area contributed by atoms with Gasteiger partial charge in [0.1, 0.15) is 6.04 Å². The highest BCUT2D eigenvalue weighted by Crippen LogP contribution is 2.21. The van der Waals surface area contributed by atoms with Gasteiger partial charge in [0.05, 0.1) is 10.1 Å². The van der Waals surface area contributed by atoms with Crippen molar-refractivity contribution in [2.45, 2.75) is 18.2 Å². The number of amides is 1. The maximum absolute atomic E-state index is 11.8. The van der Waals surface area contributed by atoms with Gasteiger partial charge >= 0.3 is 5.97 Å². The number of aliphatic carboxylic acids is 1. The molecular weight excluding hydrogens is 306 g/mol. The second-order valence-corrected chi connectivity index (χ2v) is 6.23. The van der Waals surface area contributed by atoms with Gasteiger partial charge in [-0.2, -0.15) is 12.6 Å². The average molecular weight is 319 g/mol. The van der Waals surface area contributed by atoms with E-state index in [2.05, 4.69) is 17.9 Å². The number of carboxylic acids is 1. The molecule has 0 aromatic carbocycles. The molecule has 104 valence electrons. The first-order chi connectivity index (χ1) is 8.95. The first kappa shape index (κ1) is 16.1. The average Bonchev–Trinajstić information content (AvgIpc) is 2.88. The van der Waals surface area contributed by atoms with Crippen molar-refractivity contribution in [1.29, 1.82) is 0 Å². The van der Waals surface area contributed by atoms with Crippen LogP contribution in [0.2, 0.25) is 0 Å². The van der Waals surface area contributed by atoms with Crippen LogP contribution in [0.25, 0.3) is 0 Å². The number of thiol groups is 1. The van der Waals surface area contributed by atoms with Gasteiger partial charge < -0.3 is 10.4 Å². The zero-order chi connectivity index (χ0) is 14.4. The molecule has 8 heteroatoms. The largest absolute Gasteiger partial charge is 0.480 e. The third-order valence-electron chi connectivity index (χ3n) is 2.17. The van der Waals surface area contributed by atoms with Crippen molar-refractivity contribution < 1.29 is 19.5 Å². The van der Waals surface area contributed by atoms with Gasteiger partial charge in [-0.3, -0.25) is 9.59 Å². The fourth-order valence-electron chi connectivity index (χ4n) is 1.14. The van der Waals surface area contributed by atoms with Crippen LogP contribution < -0.4 is 5.32 Å². The summed E-state index contributed by atoms with van der Waals surface area (Å²) in [5.74, 6) is -1.64. The summed E-state index contributed by atoms with van der Waals surface area (Å²) in [5.41, 5.74) is 0. The van der Waals surface area contributed by atoms with Crippen LogP contribution in [0.15, 0.2) is 17.5 Å². The van der Waals surface area contributed by atoms with Crippen LogP contribution in [-0.4, -0.2) is 39.1 Å². The Morgan fingerprint density at radius 1 is 1.53 bits per heavy atom. The number of hydrogen-bond donors (Lipinski definition) is 3. The zero-order valence-electron chi connectivity index (χ0n) is 10.0. The Bertz CT molecular complexity index is 461. The summed E-state index contributed by atoms with van der Waals surface area (Å²) < 4.78 is 0. The molecule has 2 N–H and O–H groups in total. The Morgan fingerprint density at radius 3 is 2.68 bits per heavy atom. The second-order valence-electron chi connectivity index (χ2n) is 3.61. The van der Waals surface area contributed by atoms with E-state index in [1.54, 1.807) is 24.4 Å². The lowest BCUT2D eigenvalue weighted by molar-refractivity contribution is -0.140. The van der Waals surface area contributed by atoms with Crippen molar-refractivity contribution in [3.63, 3.8) is 0 Å². The van der Waals surface area contributed by atoms with E-state index >= 15 is 0 Å². The Balaban J connectivity index is 2.53. The van der Waals surface area contributed by atoms with E-state index in [0.717, 1.165) is 11.8 Å². The third kappa shape index (κ3) is 4.88. The molecule has 0 spiro atoms. The van der Waals surface area contributed by atoms with E-state index in [-0.39, 0.29) is 10.9 Å². The van der Waals surface area contributed by atoms with Crippen molar-refractivity contribution in [2.24, 2.45) is 0 Å². The molecule has 0 saturated carbocycles. The maximum atomic E-state index is 11.8. The van der Waals surface area contributed by atoms with Gasteiger partial charge in [0.2, 0.25) is 11.0 Å². The number of carboxylic acid groups (broad SMARTS) is 1. The molecule has 0 bridgehead atoms. The van der Waals surface area contributed by atoms with Gasteiger partial charge in [-0.15, -0.1) is 11.3 Å². The van der Waals surface area contributed by atoms with Gasteiger partial charge in [0.25, 0.3) is 0 Å². The predicted molar refractivity (Wildman–Crippen MR) is 79.1 cm³/mol. The Morgan fingerprint density at radius 2 is 2.21 bits per heavy atom. The van der Waals surface area contributed by atoms with Crippen LogP contribution in [0.3, 0.4) is 0 Å². The third-order valence-corrected chi connectivity index (χ3v) is 4.54. The molecule has 0 saturated heterocycles. The standard InChI is InChI=1S/C11H13NO4S3/c1-6(9(13)12-7(5-17)10(14)15)19-11(16)8-3-2-4-18-8/h2-4,6-7,17H,5H2,1H3,(H,12,13)(H,14,15)/t6?,7-/m0/s1. The topological polar surface area (TPSA) is 83.5 Å². The van der Waals surface area contributed by atoms with E-state index in [1.807, 2.05) is 0 Å². The molecule has 1 aromatic rings. The first-order valence-corrected chi connectivity index (χ1v) is 7.73. The molecule has 1 aromatic heterocycles. The SMILES string of the molecule is CC(SC(=O)c1cccs1)C(=O)N[C@@H](CS)C(=O)O. The summed E-state index contributed by atoms with van der Waals surface area (Å²) in [6.07, 6.45) is 0. The van der Waals surface area contributed by atoms with Gasteiger partial charge in [-0.1, -0.05) is 17.8 Å². The van der Waals surface area contributed by atoms with Crippen LogP contribution in [0, 0.1) is 0 Å². The molecule has 0 fully saturated rings. The zero-order valence-corrected chi connectivity index (χ0v) is 12.6. The fraction of sp³-hybridized carbons (Fsp3) is 0.364. The normalized spacial score (nSPS) is 13.6. The van der Waals surface area contributed by atoms with E-state index in [0.29, 0.717) is 4.88 Å². The molecule has 0 aliphatic heterocycles. The van der Waals surface area contributed by atoms with Crippen molar-refractivity contribution >= 4 is 52.7 Å². The fourth-order valence-corrected chi connectivity index (χ4v) is 2.92. The molecule has 1 heterocycles. The molecule has 1 amide bonds. The first-order valence-electron chi connectivity index (χ1n) is 5.34. The summed E-state index contributed by atoms with van der Waals surface area (Å²) in [7, 11) is 0. The lowest BCUT2D eigenvalue weighted by Crippen LogP contribution is -2.45. The number of thioether (sulfide) groups is 1. The lowest BCUT2D eigenvalue weighted by Gasteiger charge is -2.15. The smallest absolute Gasteiger partial charge is 0.327 e. The number of nitrogens with one attached hydrogen (secondary N) is 1. The predicted octanol–water partition coefficient (Wildman–Crippen LogP) is 1.51. The highest BCUT2D eigenvalue weighted by atomic mass is 32.2. The molecule has 0 aliphatic carbocycles. The van der Waals surface area contributed by atoms with Crippen LogP contribution in [0.4, 0.5) is 0 Å². The van der Waals surface area contributed by atoms with Crippen LogP contribution >= 0.6 is 35.7 Å². The maximum Gasteiger partial charge on any atom is 0.327 e. The summed E-state index contributed by atoms with van der Waals surface area (Å²) in [4.78, 5) is 34.8. The van der Waals surface area contributed by atoms with Crippen molar-refractivity contribution in [3.05, 3.63) is 22.4 Å². The molecule has 2 atom stereocenters. The van der Waals surface area contributed by atoms with Crippen molar-refractivity contribution in [2.75, 3.05) is 5.75 Å². The number of carbonyl (C=O) groups is 3. The minimum Gasteiger partial charge on any atom is -0.480 e. The van der Waals surface area contributed by atoms with Gasteiger partial charge in [-0.25, -0.2) is 4.79 Å². The second kappa shape index (κ2) is 7.56. The molecule has 5 nitrogen and oxygen atoms in total. The number of hydrogen-bond acceptors (Lipinski definition) is 6. The number of thiophene rings is 1. The summed E-state index contributed by atoms with van der Waals surface area (Å²) in [6.45, 7) is 1.56. The van der Waals surface area contributed by atoms with Crippen LogP contribution in [0.1, 0.15) is 16.6 Å². The molecule has 1 unspecified atom stereocenters. The van der Waals surface area contributed by atoms with Crippen LogP contribution in [0.5, 0.6) is 0 Å². The molecule has 0 aliphatic rings. The summed E-state index contributed by atoms with van der Waals surface area (Å²) in [6, 6.07) is 2.39.